The summed E-state index contributed by atoms with van der Waals surface area (Å²) >= 11 is 0. The highest BCUT2D eigenvalue weighted by atomic mass is 15.1. The summed E-state index contributed by atoms with van der Waals surface area (Å²) < 4.78 is 0. The first-order valence-corrected chi connectivity index (χ1v) is 20.4. The molecular formula is C57H44N2. The van der Waals surface area contributed by atoms with Gasteiger partial charge in [-0.3, -0.25) is 0 Å². The maximum atomic E-state index is 2.40. The number of hydrogen-bond donors (Lipinski definition) is 0. The summed E-state index contributed by atoms with van der Waals surface area (Å²) in [5.74, 6) is 0. The van der Waals surface area contributed by atoms with Crippen molar-refractivity contribution in [2.24, 2.45) is 0 Å². The van der Waals surface area contributed by atoms with Gasteiger partial charge in [0.25, 0.3) is 0 Å². The molecule has 0 saturated carbocycles. The Labute approximate surface area is 347 Å². The molecule has 0 N–H and O–H groups in total. The molecular weight excluding hydrogens is 713 g/mol. The van der Waals surface area contributed by atoms with Gasteiger partial charge in [-0.25, -0.2) is 0 Å². The van der Waals surface area contributed by atoms with Crippen LogP contribution in [0, 0.1) is 0 Å². The zero-order chi connectivity index (χ0) is 39.8. The van der Waals surface area contributed by atoms with Crippen molar-refractivity contribution < 1.29 is 0 Å². The minimum atomic E-state index is -0.0819. The van der Waals surface area contributed by atoms with Crippen molar-refractivity contribution in [3.63, 3.8) is 0 Å². The maximum absolute atomic E-state index is 2.40. The van der Waals surface area contributed by atoms with E-state index in [1.165, 1.54) is 44.2 Å². The van der Waals surface area contributed by atoms with Crippen LogP contribution in [-0.2, 0) is 5.41 Å². The molecule has 0 radical (unpaired) electrons. The van der Waals surface area contributed by atoms with Crippen LogP contribution >= 0.6 is 0 Å². The summed E-state index contributed by atoms with van der Waals surface area (Å²) in [5.41, 5.74) is 16.8. The molecule has 0 atom stereocenters. The predicted octanol–water partition coefficient (Wildman–Crippen LogP) is 15.9. The average Bonchev–Trinajstić information content (AvgIpc) is 3.52. The minimum Gasteiger partial charge on any atom is -0.311 e. The minimum absolute atomic E-state index is 0.0819. The summed E-state index contributed by atoms with van der Waals surface area (Å²) in [6, 6.07) is 78.8. The van der Waals surface area contributed by atoms with E-state index in [0.717, 1.165) is 45.3 Å². The predicted molar refractivity (Wildman–Crippen MR) is 252 cm³/mol. The van der Waals surface area contributed by atoms with Gasteiger partial charge in [-0.15, -0.1) is 0 Å². The third-order valence-corrected chi connectivity index (χ3v) is 11.8. The Morgan fingerprint density at radius 3 is 1.39 bits per heavy atom. The van der Waals surface area contributed by atoms with Gasteiger partial charge in [0.15, 0.2) is 0 Å². The largest absolute Gasteiger partial charge is 0.311 e. The quantitative estimate of drug-likeness (QED) is 0.135. The lowest BCUT2D eigenvalue weighted by Gasteiger charge is -2.28. The molecule has 9 aromatic carbocycles. The standard InChI is InChI=1S/C57H44N2/c1-57(2)55-20-12-11-19-53(55)54-38-37-52(40-56(54)57)59(51-36-31-43-13-9-10-14-46(43)39-51)49-32-25-42(26-33-49)22-21-41-23-27-44(28-24-41)45-29-34-50(35-30-45)58(47-15-5-3-6-16-47)48-17-7-4-8-18-48/h3-40H,1-2H3/b22-21+. The molecule has 0 unspecified atom stereocenters. The lowest BCUT2D eigenvalue weighted by atomic mass is 9.82. The first kappa shape index (κ1) is 36.0. The van der Waals surface area contributed by atoms with Crippen molar-refractivity contribution >= 4 is 57.0 Å². The van der Waals surface area contributed by atoms with Gasteiger partial charge in [0.1, 0.15) is 0 Å². The van der Waals surface area contributed by atoms with Gasteiger partial charge in [0.2, 0.25) is 0 Å². The Morgan fingerprint density at radius 1 is 0.322 bits per heavy atom. The van der Waals surface area contributed by atoms with Crippen LogP contribution in [0.2, 0.25) is 0 Å². The van der Waals surface area contributed by atoms with Gasteiger partial charge in [-0.05, 0) is 128 Å². The fourth-order valence-electron chi connectivity index (χ4n) is 8.71. The second-order valence-corrected chi connectivity index (χ2v) is 15.9. The molecule has 0 bridgehead atoms. The Morgan fingerprint density at radius 2 is 0.746 bits per heavy atom. The first-order valence-electron chi connectivity index (χ1n) is 20.4. The van der Waals surface area contributed by atoms with E-state index in [2.05, 4.69) is 254 Å². The summed E-state index contributed by atoms with van der Waals surface area (Å²) in [4.78, 5) is 4.68. The molecule has 10 rings (SSSR count). The van der Waals surface area contributed by atoms with E-state index in [4.69, 9.17) is 0 Å². The lowest BCUT2D eigenvalue weighted by Crippen LogP contribution is -2.16. The molecule has 2 heteroatoms. The Kier molecular flexibility index (Phi) is 9.24. The van der Waals surface area contributed by atoms with Gasteiger partial charge >= 0.3 is 0 Å². The van der Waals surface area contributed by atoms with Gasteiger partial charge in [0, 0.05) is 39.5 Å². The summed E-state index contributed by atoms with van der Waals surface area (Å²) in [7, 11) is 0. The number of hydrogen-bond acceptors (Lipinski definition) is 2. The molecule has 0 amide bonds. The monoisotopic (exact) mass is 756 g/mol. The molecule has 0 aromatic heterocycles. The zero-order valence-corrected chi connectivity index (χ0v) is 33.3. The van der Waals surface area contributed by atoms with Crippen molar-refractivity contribution in [1.29, 1.82) is 0 Å². The fraction of sp³-hybridized carbons (Fsp3) is 0.0526. The highest BCUT2D eigenvalue weighted by molar-refractivity contribution is 5.91. The topological polar surface area (TPSA) is 6.48 Å². The molecule has 0 spiro atoms. The summed E-state index contributed by atoms with van der Waals surface area (Å²) in [6.07, 6.45) is 4.39. The second kappa shape index (κ2) is 15.2. The van der Waals surface area contributed by atoms with Gasteiger partial charge in [0.05, 0.1) is 0 Å². The van der Waals surface area contributed by atoms with E-state index >= 15 is 0 Å². The van der Waals surface area contributed by atoms with Gasteiger partial charge in [-0.2, -0.15) is 0 Å². The van der Waals surface area contributed by atoms with Crippen LogP contribution in [0.3, 0.4) is 0 Å². The average molecular weight is 757 g/mol. The molecule has 2 nitrogen and oxygen atoms in total. The normalized spacial score (nSPS) is 12.6. The van der Waals surface area contributed by atoms with Crippen LogP contribution in [0.5, 0.6) is 0 Å². The van der Waals surface area contributed by atoms with Crippen molar-refractivity contribution in [2.45, 2.75) is 19.3 Å². The van der Waals surface area contributed by atoms with Gasteiger partial charge in [-0.1, -0.05) is 172 Å². The number of nitrogens with zero attached hydrogens (tertiary/aromatic N) is 2. The van der Waals surface area contributed by atoms with Crippen molar-refractivity contribution in [3.05, 3.63) is 241 Å². The number of fused-ring (bicyclic) bond motifs is 4. The van der Waals surface area contributed by atoms with E-state index < -0.39 is 0 Å². The molecule has 9 aromatic rings. The van der Waals surface area contributed by atoms with Crippen molar-refractivity contribution in [2.75, 3.05) is 9.80 Å². The van der Waals surface area contributed by atoms with Crippen molar-refractivity contribution in [1.82, 2.24) is 0 Å². The Bertz CT molecular complexity index is 2890. The van der Waals surface area contributed by atoms with E-state index in [9.17, 15) is 0 Å². The van der Waals surface area contributed by atoms with Crippen LogP contribution < -0.4 is 9.80 Å². The Hall–Kier alpha value is -7.42. The number of anilines is 6. The number of benzene rings is 9. The summed E-state index contributed by atoms with van der Waals surface area (Å²) in [5, 5.41) is 2.46. The van der Waals surface area contributed by atoms with Crippen LogP contribution in [0.4, 0.5) is 34.1 Å². The van der Waals surface area contributed by atoms with Crippen LogP contribution in [0.1, 0.15) is 36.1 Å². The smallest absolute Gasteiger partial charge is 0.0468 e. The van der Waals surface area contributed by atoms with Crippen LogP contribution in [0.25, 0.3) is 45.2 Å². The van der Waals surface area contributed by atoms with E-state index in [1.54, 1.807) is 0 Å². The third kappa shape index (κ3) is 6.89. The third-order valence-electron chi connectivity index (χ3n) is 11.8. The van der Waals surface area contributed by atoms with E-state index in [-0.39, 0.29) is 5.41 Å². The molecule has 282 valence electrons. The van der Waals surface area contributed by atoms with E-state index in [1.807, 2.05) is 0 Å². The van der Waals surface area contributed by atoms with E-state index in [0.29, 0.717) is 0 Å². The maximum Gasteiger partial charge on any atom is 0.0468 e. The molecule has 0 fully saturated rings. The first-order chi connectivity index (χ1) is 29.0. The molecule has 1 aliphatic rings. The molecule has 0 aliphatic heterocycles. The SMILES string of the molecule is CC1(C)c2ccccc2-c2ccc(N(c3ccc(/C=C/c4ccc(-c5ccc(N(c6ccccc6)c6ccccc6)cc5)cc4)cc3)c3ccc4ccccc4c3)cc21. The molecule has 0 saturated heterocycles. The second-order valence-electron chi connectivity index (χ2n) is 15.9. The van der Waals surface area contributed by atoms with Crippen LogP contribution in [-0.4, -0.2) is 0 Å². The summed E-state index contributed by atoms with van der Waals surface area (Å²) in [6.45, 7) is 4.70. The highest BCUT2D eigenvalue weighted by Gasteiger charge is 2.35. The Balaban J connectivity index is 0.902. The fourth-order valence-corrected chi connectivity index (χ4v) is 8.71. The highest BCUT2D eigenvalue weighted by Crippen LogP contribution is 2.50. The van der Waals surface area contributed by atoms with Crippen molar-refractivity contribution in [3.8, 4) is 22.3 Å². The zero-order valence-electron chi connectivity index (χ0n) is 33.3. The van der Waals surface area contributed by atoms with Gasteiger partial charge < -0.3 is 9.80 Å². The van der Waals surface area contributed by atoms with Crippen LogP contribution in [0.15, 0.2) is 218 Å². The lowest BCUT2D eigenvalue weighted by molar-refractivity contribution is 0.660. The number of para-hydroxylation sites is 2. The molecule has 0 heterocycles. The molecule has 59 heavy (non-hydrogen) atoms. The number of rotatable bonds is 9. The molecule has 1 aliphatic carbocycles.